The van der Waals surface area contributed by atoms with Crippen molar-refractivity contribution in [2.24, 2.45) is 0 Å². The zero-order valence-electron chi connectivity index (χ0n) is 12.1. The van der Waals surface area contributed by atoms with Gasteiger partial charge in [-0.25, -0.2) is 8.78 Å². The van der Waals surface area contributed by atoms with Gasteiger partial charge in [-0.1, -0.05) is 12.1 Å². The van der Waals surface area contributed by atoms with E-state index in [1.165, 1.54) is 13.0 Å². The van der Waals surface area contributed by atoms with Crippen LogP contribution in [0.15, 0.2) is 12.1 Å². The predicted octanol–water partition coefficient (Wildman–Crippen LogP) is 3.42. The van der Waals surface area contributed by atoms with Crippen LogP contribution >= 0.6 is 0 Å². The van der Waals surface area contributed by atoms with Gasteiger partial charge in [0.25, 0.3) is 0 Å². The molecule has 2 aliphatic rings. The van der Waals surface area contributed by atoms with Crippen molar-refractivity contribution in [3.63, 3.8) is 0 Å². The summed E-state index contributed by atoms with van der Waals surface area (Å²) in [5, 5.41) is 9.43. The van der Waals surface area contributed by atoms with E-state index >= 15 is 0 Å². The van der Waals surface area contributed by atoms with E-state index < -0.39 is 23.5 Å². The van der Waals surface area contributed by atoms with E-state index in [0.29, 0.717) is 44.5 Å². The second kappa shape index (κ2) is 5.63. The van der Waals surface area contributed by atoms with E-state index in [2.05, 4.69) is 0 Å². The third kappa shape index (κ3) is 2.70. The van der Waals surface area contributed by atoms with Gasteiger partial charge in [-0.2, -0.15) is 0 Å². The molecule has 0 aromatic heterocycles. The van der Waals surface area contributed by atoms with Crippen molar-refractivity contribution in [2.45, 2.75) is 50.4 Å². The molecule has 21 heavy (non-hydrogen) atoms. The molecule has 2 fully saturated rings. The molecule has 1 N–H and O–H groups in total. The van der Waals surface area contributed by atoms with Gasteiger partial charge >= 0.3 is 0 Å². The van der Waals surface area contributed by atoms with Crippen molar-refractivity contribution in [1.82, 2.24) is 0 Å². The number of benzene rings is 1. The Morgan fingerprint density at radius 2 is 1.76 bits per heavy atom. The average molecular weight is 298 g/mol. The first-order valence-corrected chi connectivity index (χ1v) is 7.46. The summed E-state index contributed by atoms with van der Waals surface area (Å²) in [4.78, 5) is 0. The van der Waals surface area contributed by atoms with Crippen molar-refractivity contribution in [3.8, 4) is 0 Å². The first-order valence-electron chi connectivity index (χ1n) is 7.46. The number of hydrogen-bond donors (Lipinski definition) is 1. The predicted molar refractivity (Wildman–Crippen MR) is 72.8 cm³/mol. The van der Waals surface area contributed by atoms with E-state index in [4.69, 9.17) is 9.47 Å². The van der Waals surface area contributed by atoms with Crippen molar-refractivity contribution < 1.29 is 23.4 Å². The molecule has 1 heterocycles. The van der Waals surface area contributed by atoms with E-state index in [1.807, 2.05) is 0 Å². The van der Waals surface area contributed by atoms with Crippen LogP contribution in [0, 0.1) is 11.6 Å². The smallest absolute Gasteiger partial charge is 0.168 e. The maximum Gasteiger partial charge on any atom is 0.168 e. The van der Waals surface area contributed by atoms with E-state index in [-0.39, 0.29) is 11.5 Å². The lowest BCUT2D eigenvalue weighted by atomic mass is 9.80. The second-order valence-corrected chi connectivity index (χ2v) is 5.93. The average Bonchev–Trinajstić information content (AvgIpc) is 2.91. The zero-order chi connectivity index (χ0) is 15.0. The third-order valence-electron chi connectivity index (χ3n) is 4.59. The molecular weight excluding hydrogens is 278 g/mol. The van der Waals surface area contributed by atoms with E-state index in [1.54, 1.807) is 6.07 Å². The zero-order valence-corrected chi connectivity index (χ0v) is 12.1. The van der Waals surface area contributed by atoms with Gasteiger partial charge in [0.1, 0.15) is 0 Å². The fourth-order valence-electron chi connectivity index (χ4n) is 3.37. The van der Waals surface area contributed by atoms with Gasteiger partial charge in [0.05, 0.1) is 19.3 Å². The van der Waals surface area contributed by atoms with Gasteiger partial charge in [0, 0.05) is 18.4 Å². The van der Waals surface area contributed by atoms with Crippen molar-refractivity contribution >= 4 is 0 Å². The molecule has 1 unspecified atom stereocenters. The lowest BCUT2D eigenvalue weighted by Gasteiger charge is -2.35. The molecule has 0 amide bonds. The number of ether oxygens (including phenoxy) is 2. The van der Waals surface area contributed by atoms with Gasteiger partial charge in [-0.05, 0) is 31.2 Å². The Balaban J connectivity index is 1.78. The molecule has 3 nitrogen and oxygen atoms in total. The molecule has 1 saturated carbocycles. The molecule has 0 radical (unpaired) electrons. The lowest BCUT2D eigenvalue weighted by molar-refractivity contribution is -0.178. The number of hydrogen-bond acceptors (Lipinski definition) is 3. The highest BCUT2D eigenvalue weighted by atomic mass is 19.2. The highest BCUT2D eigenvalue weighted by Gasteiger charge is 2.41. The molecule has 1 aliphatic carbocycles. The van der Waals surface area contributed by atoms with Crippen LogP contribution in [0.3, 0.4) is 0 Å². The second-order valence-electron chi connectivity index (χ2n) is 5.93. The first-order chi connectivity index (χ1) is 10.0. The topological polar surface area (TPSA) is 38.7 Å². The van der Waals surface area contributed by atoms with Gasteiger partial charge in [0.15, 0.2) is 17.4 Å². The van der Waals surface area contributed by atoms with Crippen LogP contribution in [0.2, 0.25) is 0 Å². The van der Waals surface area contributed by atoms with Gasteiger partial charge in [0.2, 0.25) is 0 Å². The van der Waals surface area contributed by atoms with Gasteiger partial charge < -0.3 is 14.6 Å². The summed E-state index contributed by atoms with van der Waals surface area (Å²) in [6, 6.07) is 3.07. The largest absolute Gasteiger partial charge is 0.389 e. The summed E-state index contributed by atoms with van der Waals surface area (Å²) in [6.07, 6.45) is 1.83. The number of aliphatic hydroxyl groups excluding tert-OH is 1. The Bertz CT molecular complexity index is 514. The normalized spacial score (nSPS) is 23.6. The van der Waals surface area contributed by atoms with Crippen LogP contribution in [0.25, 0.3) is 0 Å². The van der Waals surface area contributed by atoms with Crippen molar-refractivity contribution in [1.29, 1.82) is 0 Å². The van der Waals surface area contributed by atoms with E-state index in [9.17, 15) is 13.9 Å². The maximum absolute atomic E-state index is 14.2. The molecule has 1 aromatic rings. The Morgan fingerprint density at radius 3 is 2.33 bits per heavy atom. The monoisotopic (exact) mass is 298 g/mol. The summed E-state index contributed by atoms with van der Waals surface area (Å²) >= 11 is 0. The summed E-state index contributed by atoms with van der Waals surface area (Å²) in [7, 11) is 0. The molecule has 1 spiro atoms. The van der Waals surface area contributed by atoms with Crippen molar-refractivity contribution in [3.05, 3.63) is 34.9 Å². The minimum atomic E-state index is -1.01. The number of aliphatic hydroxyl groups is 1. The SMILES string of the molecule is CC(O)c1ccc(C2CCC3(CC2)OCCO3)c(F)c1F. The molecule has 1 aromatic carbocycles. The van der Waals surface area contributed by atoms with E-state index in [0.717, 1.165) is 0 Å². The van der Waals surface area contributed by atoms with Crippen LogP contribution in [-0.4, -0.2) is 24.1 Å². The fraction of sp³-hybridized carbons (Fsp3) is 0.625. The Morgan fingerprint density at radius 1 is 1.14 bits per heavy atom. The highest BCUT2D eigenvalue weighted by Crippen LogP contribution is 2.43. The highest BCUT2D eigenvalue weighted by molar-refractivity contribution is 5.30. The maximum atomic E-state index is 14.2. The number of rotatable bonds is 2. The molecule has 3 rings (SSSR count). The van der Waals surface area contributed by atoms with Crippen LogP contribution in [-0.2, 0) is 9.47 Å². The molecular formula is C16H20F2O3. The van der Waals surface area contributed by atoms with Gasteiger partial charge in [-0.15, -0.1) is 0 Å². The minimum absolute atomic E-state index is 0.00555. The summed E-state index contributed by atoms with van der Waals surface area (Å²) in [5.74, 6) is -2.29. The Hall–Kier alpha value is -1.04. The third-order valence-corrected chi connectivity index (χ3v) is 4.59. The summed E-state index contributed by atoms with van der Waals surface area (Å²) < 4.78 is 39.5. The minimum Gasteiger partial charge on any atom is -0.389 e. The summed E-state index contributed by atoms with van der Waals surface area (Å²) in [6.45, 7) is 2.64. The lowest BCUT2D eigenvalue weighted by Crippen LogP contribution is -2.34. The molecule has 1 atom stereocenters. The molecule has 116 valence electrons. The first kappa shape index (κ1) is 14.9. The number of halogens is 2. The molecule has 1 saturated heterocycles. The van der Waals surface area contributed by atoms with Crippen LogP contribution < -0.4 is 0 Å². The standard InChI is InChI=1S/C16H20F2O3/c1-10(19)12-2-3-13(15(18)14(12)17)11-4-6-16(7-5-11)20-8-9-21-16/h2-3,10-11,19H,4-9H2,1H3. The quantitative estimate of drug-likeness (QED) is 0.909. The van der Waals surface area contributed by atoms with Gasteiger partial charge in [-0.3, -0.25) is 0 Å². The van der Waals surface area contributed by atoms with Crippen LogP contribution in [0.5, 0.6) is 0 Å². The molecule has 0 bridgehead atoms. The Kier molecular flexibility index (Phi) is 3.99. The van der Waals surface area contributed by atoms with Crippen LogP contribution in [0.1, 0.15) is 55.8 Å². The molecule has 1 aliphatic heterocycles. The summed E-state index contributed by atoms with van der Waals surface area (Å²) in [5.41, 5.74) is 0.399. The Labute approximate surface area is 122 Å². The van der Waals surface area contributed by atoms with Crippen LogP contribution in [0.4, 0.5) is 8.78 Å². The molecule has 5 heteroatoms. The fourth-order valence-corrected chi connectivity index (χ4v) is 3.37. The van der Waals surface area contributed by atoms with Crippen molar-refractivity contribution in [2.75, 3.05) is 13.2 Å².